The Morgan fingerprint density at radius 2 is 1.78 bits per heavy atom. The summed E-state index contributed by atoms with van der Waals surface area (Å²) in [6.45, 7) is 10.8. The van der Waals surface area contributed by atoms with Crippen LogP contribution in [-0.4, -0.2) is 58.6 Å². The fraction of sp³-hybridized carbons (Fsp3) is 0.792. The largest absolute Gasteiger partial charge is 0.462 e. The van der Waals surface area contributed by atoms with E-state index in [1.807, 2.05) is 0 Å². The van der Waals surface area contributed by atoms with Crippen LogP contribution >= 0.6 is 0 Å². The first-order chi connectivity index (χ1) is 14.9. The predicted octanol–water partition coefficient (Wildman–Crippen LogP) is 1.52. The molecule has 6 rings (SSSR count). The summed E-state index contributed by atoms with van der Waals surface area (Å²) in [5.74, 6) is -2.73. The van der Waals surface area contributed by atoms with Gasteiger partial charge in [-0.2, -0.15) is 0 Å². The Morgan fingerprint density at radius 3 is 2.41 bits per heavy atom. The van der Waals surface area contributed by atoms with Gasteiger partial charge in [-0.1, -0.05) is 20.4 Å². The van der Waals surface area contributed by atoms with Gasteiger partial charge in [-0.25, -0.2) is 0 Å². The van der Waals surface area contributed by atoms with Crippen molar-refractivity contribution in [2.45, 2.75) is 84.1 Å². The van der Waals surface area contributed by atoms with Crippen LogP contribution in [0.4, 0.5) is 0 Å². The predicted molar refractivity (Wildman–Crippen MR) is 110 cm³/mol. The molecule has 4 bridgehead atoms. The second-order valence-electron chi connectivity index (χ2n) is 11.1. The molecule has 8 nitrogen and oxygen atoms in total. The van der Waals surface area contributed by atoms with E-state index in [9.17, 15) is 24.6 Å². The van der Waals surface area contributed by atoms with Gasteiger partial charge in [-0.15, -0.1) is 0 Å². The van der Waals surface area contributed by atoms with Crippen LogP contribution in [0, 0.1) is 34.0 Å². The first-order valence-corrected chi connectivity index (χ1v) is 11.5. The Bertz CT molecular complexity index is 910. The lowest BCUT2D eigenvalue weighted by Crippen LogP contribution is -2.81. The molecule has 0 amide bonds. The quantitative estimate of drug-likeness (QED) is 0.482. The van der Waals surface area contributed by atoms with E-state index in [-0.39, 0.29) is 23.5 Å². The second kappa shape index (κ2) is 6.64. The molecule has 6 fully saturated rings. The Labute approximate surface area is 187 Å². The number of aliphatic hydroxyl groups is 2. The molecule has 4 aliphatic carbocycles. The maximum Gasteiger partial charge on any atom is 0.302 e. The summed E-state index contributed by atoms with van der Waals surface area (Å²) in [6, 6.07) is 0. The molecule has 2 aliphatic heterocycles. The number of carbonyl (C=O) groups is 3. The zero-order chi connectivity index (χ0) is 23.4. The number of Topliss-reactive ketones (excluding diaryl/α,β-unsaturated/α-hetero) is 1. The van der Waals surface area contributed by atoms with Gasteiger partial charge in [0.05, 0.1) is 23.0 Å². The van der Waals surface area contributed by atoms with Crippen molar-refractivity contribution in [3.8, 4) is 0 Å². The minimum absolute atomic E-state index is 0.166. The summed E-state index contributed by atoms with van der Waals surface area (Å²) in [7, 11) is 0. The van der Waals surface area contributed by atoms with Gasteiger partial charge in [-0.3, -0.25) is 14.4 Å². The van der Waals surface area contributed by atoms with Crippen LogP contribution in [-0.2, 0) is 28.6 Å². The molecule has 0 aromatic carbocycles. The molecule has 0 unspecified atom stereocenters. The highest BCUT2D eigenvalue weighted by Crippen LogP contribution is 2.75. The smallest absolute Gasteiger partial charge is 0.302 e. The number of rotatable bonds is 2. The summed E-state index contributed by atoms with van der Waals surface area (Å²) >= 11 is 0. The summed E-state index contributed by atoms with van der Waals surface area (Å²) < 4.78 is 17.7. The molecular weight excluding hydrogens is 416 g/mol. The molecule has 2 N–H and O–H groups in total. The van der Waals surface area contributed by atoms with Crippen molar-refractivity contribution in [1.29, 1.82) is 0 Å². The Morgan fingerprint density at radius 1 is 1.12 bits per heavy atom. The van der Waals surface area contributed by atoms with Gasteiger partial charge < -0.3 is 24.4 Å². The Balaban J connectivity index is 1.79. The Kier molecular flexibility index (Phi) is 4.57. The van der Waals surface area contributed by atoms with Crippen LogP contribution in [0.25, 0.3) is 0 Å². The molecule has 0 radical (unpaired) electrons. The third-order valence-corrected chi connectivity index (χ3v) is 9.40. The molecule has 176 valence electrons. The summed E-state index contributed by atoms with van der Waals surface area (Å²) in [4.78, 5) is 38.0. The van der Waals surface area contributed by atoms with E-state index in [1.54, 1.807) is 0 Å². The van der Waals surface area contributed by atoms with E-state index in [0.29, 0.717) is 18.4 Å². The molecule has 0 aromatic heterocycles. The zero-order valence-corrected chi connectivity index (χ0v) is 19.0. The average Bonchev–Trinajstić information content (AvgIpc) is 2.80. The number of ether oxygens (including phenoxy) is 3. The highest BCUT2D eigenvalue weighted by atomic mass is 16.6. The van der Waals surface area contributed by atoms with Crippen molar-refractivity contribution in [3.63, 3.8) is 0 Å². The van der Waals surface area contributed by atoms with Gasteiger partial charge in [0.1, 0.15) is 12.2 Å². The minimum Gasteiger partial charge on any atom is -0.462 e. The van der Waals surface area contributed by atoms with Gasteiger partial charge in [0.2, 0.25) is 0 Å². The van der Waals surface area contributed by atoms with Crippen molar-refractivity contribution in [3.05, 3.63) is 12.2 Å². The first-order valence-electron chi connectivity index (χ1n) is 11.5. The van der Waals surface area contributed by atoms with Crippen LogP contribution in [0.1, 0.15) is 53.4 Å². The van der Waals surface area contributed by atoms with Gasteiger partial charge in [0, 0.05) is 25.7 Å². The van der Waals surface area contributed by atoms with E-state index < -0.39 is 65.3 Å². The number of aliphatic hydroxyl groups excluding tert-OH is 2. The zero-order valence-electron chi connectivity index (χ0n) is 19.0. The topological polar surface area (TPSA) is 119 Å². The fourth-order valence-corrected chi connectivity index (χ4v) is 8.46. The molecule has 32 heavy (non-hydrogen) atoms. The van der Waals surface area contributed by atoms with Crippen LogP contribution < -0.4 is 0 Å². The molecular formula is C24H32O8. The fourth-order valence-electron chi connectivity index (χ4n) is 8.46. The number of fused-ring (bicyclic) bond motifs is 2. The van der Waals surface area contributed by atoms with E-state index in [0.717, 1.165) is 6.42 Å². The maximum atomic E-state index is 13.8. The SMILES string of the molecule is C=C1C(=O)[C@]23[C@H](O)[C@H]1C[C@H](OC(C)=O)[C@H]2[C@]12[C@H](C[C@H]3O[C@@H]1O)C(C)(C)CC[C@H]2OC(C)=O. The molecule has 6 aliphatic rings. The molecule has 4 saturated carbocycles. The van der Waals surface area contributed by atoms with Gasteiger partial charge in [0.15, 0.2) is 12.1 Å². The third-order valence-electron chi connectivity index (χ3n) is 9.40. The van der Waals surface area contributed by atoms with Crippen LogP contribution in [0.3, 0.4) is 0 Å². The van der Waals surface area contributed by atoms with E-state index in [2.05, 4.69) is 20.4 Å². The van der Waals surface area contributed by atoms with Crippen molar-refractivity contribution in [1.82, 2.24) is 0 Å². The van der Waals surface area contributed by atoms with Crippen molar-refractivity contribution < 1.29 is 38.8 Å². The van der Waals surface area contributed by atoms with Crippen LogP contribution in [0.2, 0.25) is 0 Å². The number of esters is 2. The van der Waals surface area contributed by atoms with Crippen molar-refractivity contribution in [2.24, 2.45) is 34.0 Å². The standard InChI is InChI=1S/C24H32O8/c1-10-13-8-14(30-11(2)25)18-23-15(22(4,5)7-6-16(23)31-12(3)26)9-17(32-21(23)29)24(18,19(10)27)20(13)28/h13-18,20-21,28-29H,1,6-9H2,2-5H3/t13-,14-,15+,16+,17+,18-,20+,21-,23+,24+/m0/s1. The second-order valence-corrected chi connectivity index (χ2v) is 11.1. The van der Waals surface area contributed by atoms with E-state index in [1.165, 1.54) is 13.8 Å². The molecule has 2 heterocycles. The summed E-state index contributed by atoms with van der Waals surface area (Å²) in [5, 5.41) is 23.0. The Hall–Kier alpha value is -1.77. The van der Waals surface area contributed by atoms with Crippen molar-refractivity contribution in [2.75, 3.05) is 0 Å². The molecule has 0 aromatic rings. The third kappa shape index (κ3) is 2.36. The lowest BCUT2D eigenvalue weighted by Gasteiger charge is -2.73. The van der Waals surface area contributed by atoms with Gasteiger partial charge in [-0.05, 0) is 42.6 Å². The minimum atomic E-state index is -1.39. The summed E-state index contributed by atoms with van der Waals surface area (Å²) in [6.07, 6.45) is -2.69. The van der Waals surface area contributed by atoms with Gasteiger partial charge >= 0.3 is 11.9 Å². The first kappa shape index (κ1) is 22.0. The monoisotopic (exact) mass is 448 g/mol. The summed E-state index contributed by atoms with van der Waals surface area (Å²) in [5.41, 5.74) is -2.52. The highest BCUT2D eigenvalue weighted by molar-refractivity contribution is 6.05. The van der Waals surface area contributed by atoms with Crippen LogP contribution in [0.5, 0.6) is 0 Å². The van der Waals surface area contributed by atoms with Crippen molar-refractivity contribution >= 4 is 17.7 Å². The highest BCUT2D eigenvalue weighted by Gasteiger charge is 2.84. The maximum absolute atomic E-state index is 13.8. The number of hydrogen-bond donors (Lipinski definition) is 2. The molecule has 10 atom stereocenters. The molecule has 8 heteroatoms. The van der Waals surface area contributed by atoms with E-state index in [4.69, 9.17) is 14.2 Å². The van der Waals surface area contributed by atoms with Gasteiger partial charge in [0.25, 0.3) is 0 Å². The van der Waals surface area contributed by atoms with E-state index >= 15 is 0 Å². The molecule has 2 saturated heterocycles. The lowest BCUT2D eigenvalue weighted by molar-refractivity contribution is -0.411. The number of hydrogen-bond acceptors (Lipinski definition) is 8. The number of ketones is 1. The lowest BCUT2D eigenvalue weighted by atomic mass is 9.36. The number of carbonyl (C=O) groups excluding carboxylic acids is 3. The average molecular weight is 449 g/mol. The normalized spacial score (nSPS) is 50.4. The molecule has 2 spiro atoms. The van der Waals surface area contributed by atoms with Crippen LogP contribution in [0.15, 0.2) is 12.2 Å².